The lowest BCUT2D eigenvalue weighted by Gasteiger charge is -2.24. The molecule has 1 amide bonds. The third-order valence-corrected chi connectivity index (χ3v) is 7.30. The zero-order chi connectivity index (χ0) is 21.0. The van der Waals surface area contributed by atoms with E-state index in [0.717, 1.165) is 16.1 Å². The van der Waals surface area contributed by atoms with E-state index in [-0.39, 0.29) is 23.8 Å². The molecular weight excluding hydrogens is 406 g/mol. The van der Waals surface area contributed by atoms with Crippen LogP contribution in [0, 0.1) is 20.8 Å². The van der Waals surface area contributed by atoms with Crippen LogP contribution in [0.25, 0.3) is 0 Å². The molecule has 0 unspecified atom stereocenters. The molecule has 0 aliphatic rings. The summed E-state index contributed by atoms with van der Waals surface area (Å²) >= 11 is 1.40. The molecule has 0 bridgehead atoms. The fraction of sp³-hybridized carbons (Fsp3) is 0.238. The zero-order valence-corrected chi connectivity index (χ0v) is 18.2. The van der Waals surface area contributed by atoms with Crippen molar-refractivity contribution in [2.45, 2.75) is 32.1 Å². The number of benzene rings is 2. The monoisotopic (exact) mass is 429 g/mol. The van der Waals surface area contributed by atoms with E-state index in [1.165, 1.54) is 15.6 Å². The predicted octanol–water partition coefficient (Wildman–Crippen LogP) is 4.29. The van der Waals surface area contributed by atoms with Crippen molar-refractivity contribution in [1.29, 1.82) is 0 Å². The first-order chi connectivity index (χ1) is 13.8. The summed E-state index contributed by atoms with van der Waals surface area (Å²) in [4.78, 5) is 17.9. The number of aryl methyl sites for hydroxylation is 3. The summed E-state index contributed by atoms with van der Waals surface area (Å²) in [5, 5.41) is 3.28. The van der Waals surface area contributed by atoms with Crippen molar-refractivity contribution < 1.29 is 13.2 Å². The molecule has 0 saturated heterocycles. The second kappa shape index (κ2) is 8.75. The van der Waals surface area contributed by atoms with Gasteiger partial charge in [-0.3, -0.25) is 9.10 Å². The van der Waals surface area contributed by atoms with E-state index in [1.54, 1.807) is 48.5 Å². The molecule has 1 N–H and O–H groups in total. The second-order valence-corrected chi connectivity index (χ2v) is 9.75. The minimum atomic E-state index is -3.80. The molecule has 152 valence electrons. The maximum atomic E-state index is 13.2. The number of thiazole rings is 1. The van der Waals surface area contributed by atoms with Gasteiger partial charge in [0.05, 0.1) is 16.3 Å². The number of anilines is 2. The first kappa shape index (κ1) is 21.0. The van der Waals surface area contributed by atoms with Gasteiger partial charge in [0.15, 0.2) is 5.13 Å². The average molecular weight is 430 g/mol. The van der Waals surface area contributed by atoms with Crippen molar-refractivity contribution in [3.05, 3.63) is 70.7 Å². The molecule has 8 heteroatoms. The molecule has 0 aliphatic heterocycles. The number of hydrogen-bond donors (Lipinski definition) is 1. The predicted molar refractivity (Wildman–Crippen MR) is 117 cm³/mol. The van der Waals surface area contributed by atoms with Crippen molar-refractivity contribution in [2.24, 2.45) is 0 Å². The molecule has 3 rings (SSSR count). The Morgan fingerprint density at radius 3 is 2.28 bits per heavy atom. The van der Waals surface area contributed by atoms with Gasteiger partial charge in [-0.15, -0.1) is 11.3 Å². The minimum Gasteiger partial charge on any atom is -0.302 e. The lowest BCUT2D eigenvalue weighted by atomic mass is 10.2. The van der Waals surface area contributed by atoms with Gasteiger partial charge in [0.25, 0.3) is 10.0 Å². The SMILES string of the molecule is Cc1ccc(S(=O)(=O)N(CCC(=O)Nc2nc(C)c(C)s2)c2ccccc2)cc1. The van der Waals surface area contributed by atoms with Crippen molar-refractivity contribution in [3.63, 3.8) is 0 Å². The summed E-state index contributed by atoms with van der Waals surface area (Å²) in [5.74, 6) is -0.279. The highest BCUT2D eigenvalue weighted by molar-refractivity contribution is 7.92. The van der Waals surface area contributed by atoms with Gasteiger partial charge in [0, 0.05) is 17.8 Å². The lowest BCUT2D eigenvalue weighted by molar-refractivity contribution is -0.116. The Kier molecular flexibility index (Phi) is 6.34. The Hall–Kier alpha value is -2.71. The first-order valence-electron chi connectivity index (χ1n) is 9.16. The normalized spacial score (nSPS) is 11.3. The van der Waals surface area contributed by atoms with Gasteiger partial charge in [-0.2, -0.15) is 0 Å². The fourth-order valence-corrected chi connectivity index (χ4v) is 5.03. The summed E-state index contributed by atoms with van der Waals surface area (Å²) in [6.45, 7) is 5.74. The Bertz CT molecular complexity index is 1070. The summed E-state index contributed by atoms with van der Waals surface area (Å²) in [7, 11) is -3.80. The van der Waals surface area contributed by atoms with Crippen molar-refractivity contribution in [1.82, 2.24) is 4.98 Å². The molecule has 0 spiro atoms. The first-order valence-corrected chi connectivity index (χ1v) is 11.4. The van der Waals surface area contributed by atoms with E-state index in [2.05, 4.69) is 10.3 Å². The highest BCUT2D eigenvalue weighted by Gasteiger charge is 2.25. The number of amides is 1. The third-order valence-electron chi connectivity index (χ3n) is 4.47. The van der Waals surface area contributed by atoms with E-state index in [1.807, 2.05) is 26.8 Å². The van der Waals surface area contributed by atoms with Crippen LogP contribution in [0.3, 0.4) is 0 Å². The molecule has 29 heavy (non-hydrogen) atoms. The van der Waals surface area contributed by atoms with Gasteiger partial charge < -0.3 is 5.32 Å². The number of carbonyl (C=O) groups is 1. The molecular formula is C21H23N3O3S2. The van der Waals surface area contributed by atoms with Crippen LogP contribution < -0.4 is 9.62 Å². The number of rotatable bonds is 7. The number of para-hydroxylation sites is 1. The Morgan fingerprint density at radius 2 is 1.69 bits per heavy atom. The fourth-order valence-electron chi connectivity index (χ4n) is 2.73. The van der Waals surface area contributed by atoms with Crippen LogP contribution in [0.2, 0.25) is 0 Å². The summed E-state index contributed by atoms with van der Waals surface area (Å²) in [6.07, 6.45) is 0.0116. The standard InChI is InChI=1S/C21H23N3O3S2/c1-15-9-11-19(12-10-15)29(26,27)24(18-7-5-4-6-8-18)14-13-20(25)23-21-22-16(2)17(3)28-21/h4-12H,13-14H2,1-3H3,(H,22,23,25). The maximum absolute atomic E-state index is 13.2. The average Bonchev–Trinajstić information content (AvgIpc) is 3.00. The van der Waals surface area contributed by atoms with Gasteiger partial charge in [-0.25, -0.2) is 13.4 Å². The summed E-state index contributed by atoms with van der Waals surface area (Å²) in [5.41, 5.74) is 2.36. The summed E-state index contributed by atoms with van der Waals surface area (Å²) in [6, 6.07) is 15.5. The largest absolute Gasteiger partial charge is 0.302 e. The van der Waals surface area contributed by atoms with Crippen molar-refractivity contribution >= 4 is 38.1 Å². The smallest absolute Gasteiger partial charge is 0.264 e. The Labute approximate surface area is 175 Å². The van der Waals surface area contributed by atoms with Crippen LogP contribution in [-0.4, -0.2) is 25.9 Å². The number of sulfonamides is 1. The highest BCUT2D eigenvalue weighted by Crippen LogP contribution is 2.25. The number of hydrogen-bond acceptors (Lipinski definition) is 5. The van der Waals surface area contributed by atoms with Gasteiger partial charge in [0.2, 0.25) is 5.91 Å². The lowest BCUT2D eigenvalue weighted by Crippen LogP contribution is -2.34. The number of carbonyl (C=O) groups excluding carboxylic acids is 1. The van der Waals surface area contributed by atoms with Crippen LogP contribution in [-0.2, 0) is 14.8 Å². The zero-order valence-electron chi connectivity index (χ0n) is 16.5. The molecule has 0 radical (unpaired) electrons. The molecule has 6 nitrogen and oxygen atoms in total. The summed E-state index contributed by atoms with van der Waals surface area (Å²) < 4.78 is 27.8. The number of aromatic nitrogens is 1. The molecule has 1 heterocycles. The molecule has 0 fully saturated rings. The van der Waals surface area contributed by atoms with Crippen LogP contribution in [0.4, 0.5) is 10.8 Å². The molecule has 2 aromatic carbocycles. The molecule has 3 aromatic rings. The van der Waals surface area contributed by atoms with E-state index in [9.17, 15) is 13.2 Å². The van der Waals surface area contributed by atoms with Crippen LogP contribution >= 0.6 is 11.3 Å². The van der Waals surface area contributed by atoms with Gasteiger partial charge in [0.1, 0.15) is 0 Å². The Balaban J connectivity index is 1.81. The van der Waals surface area contributed by atoms with E-state index in [0.29, 0.717) is 10.8 Å². The minimum absolute atomic E-state index is 0.0116. The molecule has 0 atom stereocenters. The van der Waals surface area contributed by atoms with Gasteiger partial charge in [-0.1, -0.05) is 35.9 Å². The van der Waals surface area contributed by atoms with E-state index >= 15 is 0 Å². The van der Waals surface area contributed by atoms with Crippen LogP contribution in [0.5, 0.6) is 0 Å². The van der Waals surface area contributed by atoms with Crippen LogP contribution in [0.15, 0.2) is 59.5 Å². The Morgan fingerprint density at radius 1 is 1.03 bits per heavy atom. The van der Waals surface area contributed by atoms with Gasteiger partial charge >= 0.3 is 0 Å². The van der Waals surface area contributed by atoms with Gasteiger partial charge in [-0.05, 0) is 45.0 Å². The maximum Gasteiger partial charge on any atom is 0.264 e. The van der Waals surface area contributed by atoms with E-state index in [4.69, 9.17) is 0 Å². The number of nitrogens with one attached hydrogen (secondary N) is 1. The van der Waals surface area contributed by atoms with E-state index < -0.39 is 10.0 Å². The molecule has 1 aromatic heterocycles. The molecule has 0 aliphatic carbocycles. The van der Waals surface area contributed by atoms with Crippen molar-refractivity contribution in [2.75, 3.05) is 16.2 Å². The quantitative estimate of drug-likeness (QED) is 0.608. The highest BCUT2D eigenvalue weighted by atomic mass is 32.2. The van der Waals surface area contributed by atoms with Crippen LogP contribution in [0.1, 0.15) is 22.6 Å². The molecule has 0 saturated carbocycles. The third kappa shape index (κ3) is 5.02. The van der Waals surface area contributed by atoms with Crippen molar-refractivity contribution in [3.8, 4) is 0 Å². The topological polar surface area (TPSA) is 79.4 Å². The second-order valence-electron chi connectivity index (χ2n) is 6.68. The number of nitrogens with zero attached hydrogens (tertiary/aromatic N) is 2.